The molecule has 0 radical (unpaired) electrons. The van der Waals surface area contributed by atoms with E-state index in [4.69, 9.17) is 0 Å². The molecule has 0 bridgehead atoms. The number of fused-ring (bicyclic) bond motifs is 1. The van der Waals surface area contributed by atoms with Gasteiger partial charge in [-0.25, -0.2) is 4.79 Å². The van der Waals surface area contributed by atoms with Crippen molar-refractivity contribution in [1.82, 2.24) is 15.1 Å². The molecule has 25 heavy (non-hydrogen) atoms. The molecule has 4 heteroatoms. The average Bonchev–Trinajstić information content (AvgIpc) is 2.64. The lowest BCUT2D eigenvalue weighted by atomic mass is 9.86. The summed E-state index contributed by atoms with van der Waals surface area (Å²) in [4.78, 5) is 16.9. The lowest BCUT2D eigenvalue weighted by molar-refractivity contribution is 0.151. The standard InChI is InChI=1S/C21H33N3O/c1-16-7-6-10-20(13-16)23(3)21(25)22-14-17(2)24-12-11-18-8-4-5-9-19(18)15-24/h4-5,8-9,16-17,20H,6-7,10-15H2,1-3H3,(H,22,25). The Morgan fingerprint density at radius 1 is 1.32 bits per heavy atom. The summed E-state index contributed by atoms with van der Waals surface area (Å²) in [5.41, 5.74) is 2.90. The number of nitrogens with one attached hydrogen (secondary N) is 1. The molecule has 138 valence electrons. The number of carbonyl (C=O) groups excluding carboxylic acids is 1. The number of benzene rings is 1. The minimum atomic E-state index is 0.0864. The second-order valence-corrected chi connectivity index (χ2v) is 8.06. The summed E-state index contributed by atoms with van der Waals surface area (Å²) in [6, 6.07) is 9.55. The summed E-state index contributed by atoms with van der Waals surface area (Å²) >= 11 is 0. The Labute approximate surface area is 152 Å². The van der Waals surface area contributed by atoms with E-state index in [0.29, 0.717) is 18.6 Å². The van der Waals surface area contributed by atoms with E-state index in [2.05, 4.69) is 48.3 Å². The first-order valence-electron chi connectivity index (χ1n) is 9.86. The van der Waals surface area contributed by atoms with Crippen molar-refractivity contribution in [3.8, 4) is 0 Å². The second kappa shape index (κ2) is 8.22. The fourth-order valence-corrected chi connectivity index (χ4v) is 4.30. The molecule has 2 amide bonds. The summed E-state index contributed by atoms with van der Waals surface area (Å²) in [7, 11) is 1.96. The van der Waals surface area contributed by atoms with Crippen molar-refractivity contribution in [2.24, 2.45) is 5.92 Å². The van der Waals surface area contributed by atoms with Crippen LogP contribution in [0.5, 0.6) is 0 Å². The summed E-state index contributed by atoms with van der Waals surface area (Å²) in [6.45, 7) is 7.30. The first-order valence-corrected chi connectivity index (χ1v) is 9.86. The van der Waals surface area contributed by atoms with Gasteiger partial charge in [-0.2, -0.15) is 0 Å². The third-order valence-electron chi connectivity index (χ3n) is 6.11. The van der Waals surface area contributed by atoms with Crippen LogP contribution in [-0.2, 0) is 13.0 Å². The van der Waals surface area contributed by atoms with Crippen LogP contribution in [0.3, 0.4) is 0 Å². The molecule has 0 spiro atoms. The zero-order chi connectivity index (χ0) is 17.8. The van der Waals surface area contributed by atoms with Gasteiger partial charge in [-0.3, -0.25) is 4.90 Å². The zero-order valence-corrected chi connectivity index (χ0v) is 16.0. The van der Waals surface area contributed by atoms with Crippen molar-refractivity contribution in [2.45, 2.75) is 64.6 Å². The molecule has 1 saturated carbocycles. The third-order valence-corrected chi connectivity index (χ3v) is 6.11. The number of urea groups is 1. The van der Waals surface area contributed by atoms with Crippen LogP contribution in [0.4, 0.5) is 4.79 Å². The van der Waals surface area contributed by atoms with Gasteiger partial charge in [-0.05, 0) is 43.2 Å². The first kappa shape index (κ1) is 18.2. The van der Waals surface area contributed by atoms with Crippen molar-refractivity contribution in [3.05, 3.63) is 35.4 Å². The molecule has 2 aliphatic rings. The van der Waals surface area contributed by atoms with Gasteiger partial charge in [0.15, 0.2) is 0 Å². The molecule has 1 fully saturated rings. The Bertz CT molecular complexity index is 588. The molecular formula is C21H33N3O. The number of carbonyl (C=O) groups is 1. The lowest BCUT2D eigenvalue weighted by Gasteiger charge is -2.36. The monoisotopic (exact) mass is 343 g/mol. The van der Waals surface area contributed by atoms with Crippen LogP contribution < -0.4 is 5.32 Å². The van der Waals surface area contributed by atoms with Crippen LogP contribution in [0.2, 0.25) is 0 Å². The smallest absolute Gasteiger partial charge is 0.317 e. The Balaban J connectivity index is 1.47. The molecule has 1 aromatic carbocycles. The van der Waals surface area contributed by atoms with Gasteiger partial charge in [0.2, 0.25) is 0 Å². The molecule has 1 aromatic rings. The second-order valence-electron chi connectivity index (χ2n) is 8.06. The number of rotatable bonds is 4. The molecule has 0 aromatic heterocycles. The van der Waals surface area contributed by atoms with E-state index >= 15 is 0 Å². The normalized spacial score (nSPS) is 25.1. The zero-order valence-electron chi connectivity index (χ0n) is 16.0. The molecular weight excluding hydrogens is 310 g/mol. The van der Waals surface area contributed by atoms with Crippen molar-refractivity contribution >= 4 is 6.03 Å². The Hall–Kier alpha value is -1.55. The Morgan fingerprint density at radius 3 is 2.84 bits per heavy atom. The van der Waals surface area contributed by atoms with Crippen LogP contribution in [0.25, 0.3) is 0 Å². The van der Waals surface area contributed by atoms with E-state index in [9.17, 15) is 4.79 Å². The van der Waals surface area contributed by atoms with Gasteiger partial charge in [0.25, 0.3) is 0 Å². The minimum absolute atomic E-state index is 0.0864. The fraction of sp³-hybridized carbons (Fsp3) is 0.667. The highest BCUT2D eigenvalue weighted by Gasteiger charge is 2.26. The summed E-state index contributed by atoms with van der Waals surface area (Å²) < 4.78 is 0. The van der Waals surface area contributed by atoms with E-state index in [-0.39, 0.29) is 6.03 Å². The highest BCUT2D eigenvalue weighted by atomic mass is 16.2. The molecule has 3 atom stereocenters. The summed E-state index contributed by atoms with van der Waals surface area (Å²) in [6.07, 6.45) is 5.94. The topological polar surface area (TPSA) is 35.6 Å². The quantitative estimate of drug-likeness (QED) is 0.906. The fourth-order valence-electron chi connectivity index (χ4n) is 4.30. The molecule has 1 aliphatic heterocycles. The predicted octanol–water partition coefficient (Wildman–Crippen LogP) is 3.65. The van der Waals surface area contributed by atoms with Gasteiger partial charge in [-0.15, -0.1) is 0 Å². The van der Waals surface area contributed by atoms with Crippen molar-refractivity contribution < 1.29 is 4.79 Å². The van der Waals surface area contributed by atoms with Gasteiger partial charge in [0.1, 0.15) is 0 Å². The molecule has 4 nitrogen and oxygen atoms in total. The van der Waals surface area contributed by atoms with Gasteiger partial charge < -0.3 is 10.2 Å². The van der Waals surface area contributed by atoms with E-state index in [0.717, 1.165) is 38.3 Å². The van der Waals surface area contributed by atoms with E-state index in [1.165, 1.54) is 24.0 Å². The molecule has 1 aliphatic carbocycles. The number of hydrogen-bond acceptors (Lipinski definition) is 2. The van der Waals surface area contributed by atoms with E-state index in [1.807, 2.05) is 11.9 Å². The number of nitrogens with zero attached hydrogens (tertiary/aromatic N) is 2. The van der Waals surface area contributed by atoms with Crippen molar-refractivity contribution in [1.29, 1.82) is 0 Å². The Morgan fingerprint density at radius 2 is 2.08 bits per heavy atom. The van der Waals surface area contributed by atoms with E-state index < -0.39 is 0 Å². The summed E-state index contributed by atoms with van der Waals surface area (Å²) in [5, 5.41) is 3.16. The third kappa shape index (κ3) is 4.55. The molecule has 3 rings (SSSR count). The highest BCUT2D eigenvalue weighted by Crippen LogP contribution is 2.26. The summed E-state index contributed by atoms with van der Waals surface area (Å²) in [5.74, 6) is 0.737. The number of hydrogen-bond donors (Lipinski definition) is 1. The van der Waals surface area contributed by atoms with Crippen LogP contribution in [-0.4, -0.2) is 48.1 Å². The SMILES string of the molecule is CC1CCCC(N(C)C(=O)NCC(C)N2CCc3ccccc3C2)C1. The van der Waals surface area contributed by atoms with E-state index in [1.54, 1.807) is 0 Å². The van der Waals surface area contributed by atoms with Crippen LogP contribution in [0.1, 0.15) is 50.7 Å². The highest BCUT2D eigenvalue weighted by molar-refractivity contribution is 5.74. The molecule has 1 heterocycles. The first-order chi connectivity index (χ1) is 12.0. The minimum Gasteiger partial charge on any atom is -0.336 e. The van der Waals surface area contributed by atoms with Crippen LogP contribution in [0.15, 0.2) is 24.3 Å². The van der Waals surface area contributed by atoms with Gasteiger partial charge in [-0.1, -0.05) is 44.0 Å². The van der Waals surface area contributed by atoms with Crippen LogP contribution in [0, 0.1) is 5.92 Å². The predicted molar refractivity (Wildman–Crippen MR) is 103 cm³/mol. The van der Waals surface area contributed by atoms with Gasteiger partial charge in [0, 0.05) is 38.8 Å². The maximum absolute atomic E-state index is 12.5. The molecule has 1 N–H and O–H groups in total. The average molecular weight is 344 g/mol. The number of amides is 2. The maximum atomic E-state index is 12.5. The van der Waals surface area contributed by atoms with Gasteiger partial charge in [0.05, 0.1) is 0 Å². The van der Waals surface area contributed by atoms with Crippen molar-refractivity contribution in [2.75, 3.05) is 20.1 Å². The van der Waals surface area contributed by atoms with Gasteiger partial charge >= 0.3 is 6.03 Å². The largest absolute Gasteiger partial charge is 0.336 e. The molecule has 3 unspecified atom stereocenters. The van der Waals surface area contributed by atoms with Crippen LogP contribution >= 0.6 is 0 Å². The maximum Gasteiger partial charge on any atom is 0.317 e. The lowest BCUT2D eigenvalue weighted by Crippen LogP contribution is -2.49. The molecule has 0 saturated heterocycles. The Kier molecular flexibility index (Phi) is 6.00. The van der Waals surface area contributed by atoms with Crippen molar-refractivity contribution in [3.63, 3.8) is 0 Å².